The maximum atomic E-state index is 12.4. The number of nitrogens with zero attached hydrogens (tertiary/aromatic N) is 2. The van der Waals surface area contributed by atoms with Crippen molar-refractivity contribution >= 4 is 41.0 Å². The summed E-state index contributed by atoms with van der Waals surface area (Å²) >= 11 is 7.22. The molecule has 1 N–H and O–H groups in total. The van der Waals surface area contributed by atoms with Crippen molar-refractivity contribution in [3.05, 3.63) is 84.9 Å². The molecule has 1 amide bonds. The highest BCUT2D eigenvalue weighted by Crippen LogP contribution is 2.19. The summed E-state index contributed by atoms with van der Waals surface area (Å²) in [6.07, 6.45) is 1.31. The van der Waals surface area contributed by atoms with Gasteiger partial charge in [-0.25, -0.2) is 10.2 Å². The maximum Gasteiger partial charge on any atom is 0.337 e. The van der Waals surface area contributed by atoms with Gasteiger partial charge in [0, 0.05) is 0 Å². The number of carbonyl (C=O) groups excluding carboxylic acids is 2. The number of amides is 1. The van der Waals surface area contributed by atoms with E-state index >= 15 is 0 Å². The number of halogens is 1. The molecule has 1 heterocycles. The van der Waals surface area contributed by atoms with Crippen molar-refractivity contribution in [2.24, 2.45) is 5.10 Å². The van der Waals surface area contributed by atoms with Gasteiger partial charge in [0.1, 0.15) is 10.9 Å². The monoisotopic (exact) mass is 473 g/mol. The lowest BCUT2D eigenvalue weighted by Crippen LogP contribution is -2.24. The molecule has 2 aromatic carbocycles. The van der Waals surface area contributed by atoms with Crippen molar-refractivity contribution in [1.29, 1.82) is 0 Å². The largest absolute Gasteiger partial charge is 0.484 e. The highest BCUT2D eigenvalue weighted by Gasteiger charge is 2.13. The number of carbonyl (C=O) groups is 2. The van der Waals surface area contributed by atoms with Gasteiger partial charge in [-0.05, 0) is 42.3 Å². The molecule has 0 aliphatic heterocycles. The van der Waals surface area contributed by atoms with Crippen molar-refractivity contribution in [2.75, 3.05) is 13.7 Å². The highest BCUT2D eigenvalue weighted by molar-refractivity contribution is 7.11. The highest BCUT2D eigenvalue weighted by atomic mass is 35.5. The van der Waals surface area contributed by atoms with E-state index in [1.807, 2.05) is 25.1 Å². The van der Waals surface area contributed by atoms with Crippen LogP contribution in [-0.2, 0) is 16.1 Å². The zero-order valence-electron chi connectivity index (χ0n) is 17.3. The number of ether oxygens (including phenoxy) is 2. The standard InChI is InChI=1S/C22H20ClN3O5S/c1-14-5-3-8-17(9-14)31-13-19(27)25-24-11-18-20(23)26(22(29)32-18)12-15-6-4-7-16(10-15)21(28)30-2/h3-11H,12-13H2,1-2H3,(H,25,27). The van der Waals surface area contributed by atoms with E-state index in [2.05, 4.69) is 10.5 Å². The minimum absolute atomic E-state index is 0.170. The molecule has 1 aromatic heterocycles. The smallest absolute Gasteiger partial charge is 0.337 e. The van der Waals surface area contributed by atoms with Crippen molar-refractivity contribution in [3.63, 3.8) is 0 Å². The number of rotatable bonds is 8. The fourth-order valence-electron chi connectivity index (χ4n) is 2.76. The molecule has 0 atom stereocenters. The van der Waals surface area contributed by atoms with Crippen LogP contribution in [0.3, 0.4) is 0 Å². The van der Waals surface area contributed by atoms with Crippen LogP contribution in [0.25, 0.3) is 0 Å². The fraction of sp³-hybridized carbons (Fsp3) is 0.182. The zero-order valence-corrected chi connectivity index (χ0v) is 18.9. The molecule has 3 aromatic rings. The third-order valence-corrected chi connectivity index (χ3v) is 5.71. The van der Waals surface area contributed by atoms with Crippen LogP contribution in [0, 0.1) is 6.92 Å². The van der Waals surface area contributed by atoms with Gasteiger partial charge in [-0.15, -0.1) is 0 Å². The van der Waals surface area contributed by atoms with Gasteiger partial charge in [-0.3, -0.25) is 14.2 Å². The SMILES string of the molecule is COC(=O)c1cccc(Cn2c(Cl)c(C=NNC(=O)COc3cccc(C)c3)sc2=O)c1. The Bertz CT molecular complexity index is 1220. The molecule has 32 heavy (non-hydrogen) atoms. The number of benzene rings is 2. The number of aryl methyl sites for hydroxylation is 1. The van der Waals surface area contributed by atoms with Gasteiger partial charge in [0.2, 0.25) is 0 Å². The molecule has 0 aliphatic carbocycles. The lowest BCUT2D eigenvalue weighted by molar-refractivity contribution is -0.123. The number of esters is 1. The number of methoxy groups -OCH3 is 1. The molecular weight excluding hydrogens is 454 g/mol. The minimum Gasteiger partial charge on any atom is -0.484 e. The Morgan fingerprint density at radius 3 is 2.75 bits per heavy atom. The van der Waals surface area contributed by atoms with Crippen LogP contribution in [0.2, 0.25) is 5.15 Å². The lowest BCUT2D eigenvalue weighted by atomic mass is 10.1. The average Bonchev–Trinajstić information content (AvgIpc) is 3.05. The topological polar surface area (TPSA) is 99.0 Å². The molecule has 10 heteroatoms. The first kappa shape index (κ1) is 23.2. The van der Waals surface area contributed by atoms with Gasteiger partial charge in [0.25, 0.3) is 5.91 Å². The molecule has 3 rings (SSSR count). The van der Waals surface area contributed by atoms with Gasteiger partial charge >= 0.3 is 10.8 Å². The molecular formula is C22H20ClN3O5S. The second-order valence-electron chi connectivity index (χ2n) is 6.70. The fourth-order valence-corrected chi connectivity index (χ4v) is 3.87. The number of thiazole rings is 1. The number of nitrogens with one attached hydrogen (secondary N) is 1. The lowest BCUT2D eigenvalue weighted by Gasteiger charge is -2.06. The third-order valence-electron chi connectivity index (χ3n) is 4.28. The predicted octanol–water partition coefficient (Wildman–Crippen LogP) is 3.24. The number of hydrogen-bond acceptors (Lipinski definition) is 7. The summed E-state index contributed by atoms with van der Waals surface area (Å²) in [5.41, 5.74) is 4.44. The average molecular weight is 474 g/mol. The van der Waals surface area contributed by atoms with Crippen LogP contribution in [0.4, 0.5) is 0 Å². The van der Waals surface area contributed by atoms with Crippen molar-refractivity contribution in [3.8, 4) is 5.75 Å². The van der Waals surface area contributed by atoms with E-state index in [0.717, 1.165) is 16.9 Å². The first-order chi connectivity index (χ1) is 15.4. The quantitative estimate of drug-likeness (QED) is 0.307. The second-order valence-corrected chi connectivity index (χ2v) is 8.05. The minimum atomic E-state index is -0.467. The Morgan fingerprint density at radius 2 is 2.00 bits per heavy atom. The molecule has 0 fully saturated rings. The van der Waals surface area contributed by atoms with Gasteiger partial charge in [0.05, 0.1) is 30.3 Å². The Labute approximate surface area is 193 Å². The van der Waals surface area contributed by atoms with E-state index in [-0.39, 0.29) is 23.2 Å². The van der Waals surface area contributed by atoms with Gasteiger partial charge in [-0.2, -0.15) is 5.10 Å². The summed E-state index contributed by atoms with van der Waals surface area (Å²) in [6, 6.07) is 14.1. The summed E-state index contributed by atoms with van der Waals surface area (Å²) in [7, 11) is 1.30. The molecule has 0 aliphatic rings. The maximum absolute atomic E-state index is 12.4. The van der Waals surface area contributed by atoms with Crippen LogP contribution < -0.4 is 15.0 Å². The first-order valence-electron chi connectivity index (χ1n) is 9.45. The Hall–Kier alpha value is -3.43. The molecule has 0 saturated carbocycles. The van der Waals surface area contributed by atoms with Crippen LogP contribution in [-0.4, -0.2) is 36.4 Å². The van der Waals surface area contributed by atoms with E-state index in [9.17, 15) is 14.4 Å². The van der Waals surface area contributed by atoms with Crippen molar-refractivity contribution in [1.82, 2.24) is 9.99 Å². The van der Waals surface area contributed by atoms with Crippen molar-refractivity contribution in [2.45, 2.75) is 13.5 Å². The van der Waals surface area contributed by atoms with Gasteiger partial charge in [-0.1, -0.05) is 47.2 Å². The van der Waals surface area contributed by atoms with E-state index in [1.165, 1.54) is 17.9 Å². The molecule has 8 nitrogen and oxygen atoms in total. The normalized spacial score (nSPS) is 10.8. The summed E-state index contributed by atoms with van der Waals surface area (Å²) < 4.78 is 11.5. The Kier molecular flexibility index (Phi) is 7.80. The summed E-state index contributed by atoms with van der Waals surface area (Å²) in [5.74, 6) is -0.338. The van der Waals surface area contributed by atoms with E-state index in [4.69, 9.17) is 21.1 Å². The van der Waals surface area contributed by atoms with Crippen LogP contribution in [0.1, 0.15) is 26.4 Å². The molecule has 0 radical (unpaired) electrons. The molecule has 0 unspecified atom stereocenters. The Balaban J connectivity index is 1.62. The van der Waals surface area contributed by atoms with E-state index in [1.54, 1.807) is 30.3 Å². The van der Waals surface area contributed by atoms with Crippen LogP contribution in [0.15, 0.2) is 58.4 Å². The van der Waals surface area contributed by atoms with Gasteiger partial charge < -0.3 is 9.47 Å². The predicted molar refractivity (Wildman–Crippen MR) is 123 cm³/mol. The molecule has 0 spiro atoms. The van der Waals surface area contributed by atoms with E-state index in [0.29, 0.717) is 21.8 Å². The zero-order chi connectivity index (χ0) is 23.1. The number of aromatic nitrogens is 1. The summed E-state index contributed by atoms with van der Waals surface area (Å²) in [4.78, 5) is 36.1. The van der Waals surface area contributed by atoms with Crippen LogP contribution in [0.5, 0.6) is 5.75 Å². The molecule has 0 bridgehead atoms. The van der Waals surface area contributed by atoms with Crippen LogP contribution >= 0.6 is 22.9 Å². The third kappa shape index (κ3) is 6.05. The first-order valence-corrected chi connectivity index (χ1v) is 10.6. The molecule has 0 saturated heterocycles. The summed E-state index contributed by atoms with van der Waals surface area (Å²) in [5, 5.41) is 4.03. The van der Waals surface area contributed by atoms with E-state index < -0.39 is 11.9 Å². The van der Waals surface area contributed by atoms with Crippen molar-refractivity contribution < 1.29 is 19.1 Å². The Morgan fingerprint density at radius 1 is 1.22 bits per heavy atom. The number of hydrogen-bond donors (Lipinski definition) is 1. The summed E-state index contributed by atoms with van der Waals surface area (Å²) in [6.45, 7) is 1.89. The number of hydrazone groups is 1. The van der Waals surface area contributed by atoms with Gasteiger partial charge in [0.15, 0.2) is 6.61 Å². The second kappa shape index (κ2) is 10.7. The molecule has 166 valence electrons.